The largest absolute Gasteiger partial charge is 0.363 e. The Morgan fingerprint density at radius 1 is 1.37 bits per heavy atom. The van der Waals surface area contributed by atoms with Crippen LogP contribution in [0.1, 0.15) is 52.5 Å². The molecule has 4 heteroatoms. The van der Waals surface area contributed by atoms with Crippen LogP contribution < -0.4 is 10.2 Å². The third kappa shape index (κ3) is 2.38. The maximum atomic E-state index is 4.49. The number of aromatic nitrogens is 2. The van der Waals surface area contributed by atoms with Crippen LogP contribution in [0.15, 0.2) is 12.4 Å². The summed E-state index contributed by atoms with van der Waals surface area (Å²) in [5, 5.41) is 8.30. The third-order valence-electron chi connectivity index (χ3n) is 4.79. The molecule has 0 aromatic carbocycles. The van der Waals surface area contributed by atoms with Crippen molar-refractivity contribution in [3.05, 3.63) is 12.4 Å². The molecule has 2 fully saturated rings. The topological polar surface area (TPSA) is 33.1 Å². The number of nitrogens with one attached hydrogen (secondary N) is 1. The summed E-state index contributed by atoms with van der Waals surface area (Å²) in [5.41, 5.74) is 1.65. The molecule has 0 amide bonds. The minimum absolute atomic E-state index is 0.368. The zero-order valence-corrected chi connectivity index (χ0v) is 12.4. The second-order valence-electron chi connectivity index (χ2n) is 6.62. The lowest BCUT2D eigenvalue weighted by Crippen LogP contribution is -2.62. The fourth-order valence-electron chi connectivity index (χ4n) is 3.50. The van der Waals surface area contributed by atoms with Gasteiger partial charge in [-0.1, -0.05) is 12.8 Å². The molecule has 1 saturated carbocycles. The van der Waals surface area contributed by atoms with Crippen LogP contribution >= 0.6 is 0 Å². The second-order valence-corrected chi connectivity index (χ2v) is 6.62. The van der Waals surface area contributed by atoms with Crippen LogP contribution in [0.2, 0.25) is 0 Å². The van der Waals surface area contributed by atoms with Crippen molar-refractivity contribution >= 4 is 5.69 Å². The van der Waals surface area contributed by atoms with Gasteiger partial charge < -0.3 is 10.2 Å². The monoisotopic (exact) mass is 262 g/mol. The van der Waals surface area contributed by atoms with Crippen molar-refractivity contribution in [1.82, 2.24) is 15.1 Å². The molecule has 0 bridgehead atoms. The number of hydrogen-bond donors (Lipinski definition) is 1. The van der Waals surface area contributed by atoms with Crippen LogP contribution in [0.5, 0.6) is 0 Å². The minimum atomic E-state index is 0.368. The van der Waals surface area contributed by atoms with Crippen molar-refractivity contribution < 1.29 is 0 Å². The summed E-state index contributed by atoms with van der Waals surface area (Å²) in [6.07, 6.45) is 9.64. The normalized spacial score (nSPS) is 26.5. The number of rotatable bonds is 2. The Balaban J connectivity index is 1.80. The van der Waals surface area contributed by atoms with Gasteiger partial charge in [0.2, 0.25) is 0 Å². The first-order valence-corrected chi connectivity index (χ1v) is 7.65. The van der Waals surface area contributed by atoms with Gasteiger partial charge >= 0.3 is 0 Å². The number of nitrogens with zero attached hydrogens (tertiary/aromatic N) is 3. The summed E-state index contributed by atoms with van der Waals surface area (Å²) in [6, 6.07) is 0.989. The van der Waals surface area contributed by atoms with E-state index in [0.717, 1.165) is 13.1 Å². The average molecular weight is 262 g/mol. The van der Waals surface area contributed by atoms with Crippen LogP contribution in [-0.2, 0) is 0 Å². The van der Waals surface area contributed by atoms with Gasteiger partial charge in [0.05, 0.1) is 11.9 Å². The van der Waals surface area contributed by atoms with Gasteiger partial charge in [-0.05, 0) is 33.6 Å². The fourth-order valence-corrected chi connectivity index (χ4v) is 3.50. The molecular weight excluding hydrogens is 236 g/mol. The highest BCUT2D eigenvalue weighted by atomic mass is 15.3. The van der Waals surface area contributed by atoms with Crippen molar-refractivity contribution in [2.45, 2.75) is 64.1 Å². The quantitative estimate of drug-likeness (QED) is 0.889. The summed E-state index contributed by atoms with van der Waals surface area (Å²) >= 11 is 0. The predicted octanol–water partition coefficient (Wildman–Crippen LogP) is 2.57. The smallest absolute Gasteiger partial charge is 0.0756 e. The van der Waals surface area contributed by atoms with E-state index in [0.29, 0.717) is 17.6 Å². The molecule has 1 aliphatic heterocycles. The Morgan fingerprint density at radius 3 is 2.74 bits per heavy atom. The van der Waals surface area contributed by atoms with Gasteiger partial charge in [0.25, 0.3) is 0 Å². The molecular formula is C15H26N4. The molecule has 1 aromatic rings. The zero-order valence-electron chi connectivity index (χ0n) is 12.4. The molecule has 1 N–H and O–H groups in total. The summed E-state index contributed by atoms with van der Waals surface area (Å²) in [6.45, 7) is 8.89. The molecule has 1 atom stereocenters. The Labute approximate surface area is 116 Å². The van der Waals surface area contributed by atoms with Crippen LogP contribution in [-0.4, -0.2) is 34.5 Å². The van der Waals surface area contributed by atoms with E-state index < -0.39 is 0 Å². The standard InChI is InChI=1S/C15H26N4/c1-12(2)19-10-14(9-17-19)18-11-15(6-4-5-7-15)16-8-13(18)3/h9-10,12-13,16H,4-8,11H2,1-3H3. The molecule has 1 aliphatic carbocycles. The first-order chi connectivity index (χ1) is 9.10. The van der Waals surface area contributed by atoms with Gasteiger partial charge in [-0.2, -0.15) is 5.10 Å². The predicted molar refractivity (Wildman–Crippen MR) is 78.6 cm³/mol. The SMILES string of the molecule is CC1CNC2(CCCC2)CN1c1cnn(C(C)C)c1. The molecule has 0 radical (unpaired) electrons. The molecule has 2 aliphatic rings. The Hall–Kier alpha value is -1.03. The van der Waals surface area contributed by atoms with E-state index in [4.69, 9.17) is 0 Å². The van der Waals surface area contributed by atoms with E-state index in [2.05, 4.69) is 47.0 Å². The van der Waals surface area contributed by atoms with Crippen LogP contribution in [0, 0.1) is 0 Å². The van der Waals surface area contributed by atoms with Crippen LogP contribution in [0.3, 0.4) is 0 Å². The van der Waals surface area contributed by atoms with Gasteiger partial charge in [-0.25, -0.2) is 0 Å². The van der Waals surface area contributed by atoms with Gasteiger partial charge in [0.1, 0.15) is 0 Å². The highest BCUT2D eigenvalue weighted by molar-refractivity contribution is 5.45. The second kappa shape index (κ2) is 4.82. The molecule has 1 aromatic heterocycles. The summed E-state index contributed by atoms with van der Waals surface area (Å²) in [4.78, 5) is 2.55. The van der Waals surface area contributed by atoms with Crippen molar-refractivity contribution in [1.29, 1.82) is 0 Å². The lowest BCUT2D eigenvalue weighted by atomic mass is 9.92. The Kier molecular flexibility index (Phi) is 3.29. The number of anilines is 1. The first-order valence-electron chi connectivity index (χ1n) is 7.65. The van der Waals surface area contributed by atoms with E-state index >= 15 is 0 Å². The van der Waals surface area contributed by atoms with Gasteiger partial charge in [-0.3, -0.25) is 4.68 Å². The number of piperazine rings is 1. The molecule has 1 spiro atoms. The van der Waals surface area contributed by atoms with E-state index in [1.165, 1.54) is 31.4 Å². The van der Waals surface area contributed by atoms with E-state index in [9.17, 15) is 0 Å². The molecule has 19 heavy (non-hydrogen) atoms. The lowest BCUT2D eigenvalue weighted by Gasteiger charge is -2.46. The zero-order chi connectivity index (χ0) is 13.5. The minimum Gasteiger partial charge on any atom is -0.363 e. The number of hydrogen-bond acceptors (Lipinski definition) is 3. The van der Waals surface area contributed by atoms with E-state index in [1.54, 1.807) is 0 Å². The average Bonchev–Trinajstić information content (AvgIpc) is 3.03. The summed E-state index contributed by atoms with van der Waals surface area (Å²) < 4.78 is 2.06. The van der Waals surface area contributed by atoms with Crippen molar-refractivity contribution in [2.75, 3.05) is 18.0 Å². The summed E-state index contributed by atoms with van der Waals surface area (Å²) in [7, 11) is 0. The summed E-state index contributed by atoms with van der Waals surface area (Å²) in [5.74, 6) is 0. The molecule has 1 saturated heterocycles. The third-order valence-corrected chi connectivity index (χ3v) is 4.79. The molecule has 2 heterocycles. The molecule has 4 nitrogen and oxygen atoms in total. The van der Waals surface area contributed by atoms with Crippen molar-refractivity contribution in [2.24, 2.45) is 0 Å². The molecule has 3 rings (SSSR count). The Morgan fingerprint density at radius 2 is 2.11 bits per heavy atom. The highest BCUT2D eigenvalue weighted by Gasteiger charge is 2.40. The van der Waals surface area contributed by atoms with Crippen LogP contribution in [0.4, 0.5) is 5.69 Å². The highest BCUT2D eigenvalue weighted by Crippen LogP contribution is 2.35. The lowest BCUT2D eigenvalue weighted by molar-refractivity contribution is 0.276. The first kappa shape index (κ1) is 13.0. The maximum absolute atomic E-state index is 4.49. The van der Waals surface area contributed by atoms with Gasteiger partial charge in [-0.15, -0.1) is 0 Å². The molecule has 1 unspecified atom stereocenters. The van der Waals surface area contributed by atoms with Gasteiger partial charge in [0.15, 0.2) is 0 Å². The van der Waals surface area contributed by atoms with Gasteiger partial charge in [0, 0.05) is 36.9 Å². The van der Waals surface area contributed by atoms with Crippen LogP contribution in [0.25, 0.3) is 0 Å². The van der Waals surface area contributed by atoms with E-state index in [1.807, 2.05) is 6.20 Å². The Bertz CT molecular complexity index is 431. The fraction of sp³-hybridized carbons (Fsp3) is 0.800. The maximum Gasteiger partial charge on any atom is 0.0756 e. The molecule has 106 valence electrons. The van der Waals surface area contributed by atoms with E-state index in [-0.39, 0.29) is 0 Å². The van der Waals surface area contributed by atoms with Crippen molar-refractivity contribution in [3.63, 3.8) is 0 Å². The van der Waals surface area contributed by atoms with Crippen molar-refractivity contribution in [3.8, 4) is 0 Å².